The first kappa shape index (κ1) is 11.9. The summed E-state index contributed by atoms with van der Waals surface area (Å²) in [7, 11) is 0. The van der Waals surface area contributed by atoms with Gasteiger partial charge in [0.05, 0.1) is 0 Å². The van der Waals surface area contributed by atoms with Crippen molar-refractivity contribution in [3.63, 3.8) is 0 Å². The van der Waals surface area contributed by atoms with Gasteiger partial charge < -0.3 is 10.4 Å². The van der Waals surface area contributed by atoms with Crippen LogP contribution in [0.2, 0.25) is 0 Å². The van der Waals surface area contributed by atoms with E-state index < -0.39 is 0 Å². The van der Waals surface area contributed by atoms with Crippen LogP contribution in [0.4, 0.5) is 0 Å². The molecule has 0 atom stereocenters. The first-order valence-electron chi connectivity index (χ1n) is 4.90. The van der Waals surface area contributed by atoms with Gasteiger partial charge in [-0.05, 0) is 12.8 Å². The second kappa shape index (κ2) is 5.55. The zero-order valence-electron chi connectivity index (χ0n) is 8.85. The SMILES string of the molecule is CCC(CC)NCC(C)(C)CO. The second-order valence-electron chi connectivity index (χ2n) is 4.22. The quantitative estimate of drug-likeness (QED) is 0.642. The standard InChI is InChI=1S/C10H23NO/c1-5-9(6-2)11-7-10(3,4)8-12/h9,11-12H,5-8H2,1-4H3. The van der Waals surface area contributed by atoms with Crippen molar-refractivity contribution >= 4 is 0 Å². The highest BCUT2D eigenvalue weighted by molar-refractivity contribution is 4.73. The van der Waals surface area contributed by atoms with E-state index in [0.717, 1.165) is 19.4 Å². The largest absolute Gasteiger partial charge is 0.396 e. The first-order valence-corrected chi connectivity index (χ1v) is 4.90. The average molecular weight is 173 g/mol. The number of hydrogen-bond acceptors (Lipinski definition) is 2. The van der Waals surface area contributed by atoms with Crippen molar-refractivity contribution in [2.45, 2.75) is 46.6 Å². The summed E-state index contributed by atoms with van der Waals surface area (Å²) >= 11 is 0. The van der Waals surface area contributed by atoms with Gasteiger partial charge in [0.15, 0.2) is 0 Å². The molecule has 2 heteroatoms. The van der Waals surface area contributed by atoms with Gasteiger partial charge in [0.2, 0.25) is 0 Å². The van der Waals surface area contributed by atoms with E-state index in [9.17, 15) is 0 Å². The third-order valence-electron chi connectivity index (χ3n) is 2.28. The molecule has 12 heavy (non-hydrogen) atoms. The Bertz CT molecular complexity index is 108. The van der Waals surface area contributed by atoms with Gasteiger partial charge in [0.1, 0.15) is 0 Å². The van der Waals surface area contributed by atoms with E-state index in [4.69, 9.17) is 5.11 Å². The Balaban J connectivity index is 3.65. The molecule has 0 aliphatic heterocycles. The maximum atomic E-state index is 9.01. The van der Waals surface area contributed by atoms with Crippen molar-refractivity contribution in [1.29, 1.82) is 0 Å². The summed E-state index contributed by atoms with van der Waals surface area (Å²) in [5, 5.41) is 12.5. The predicted octanol–water partition coefficient (Wildman–Crippen LogP) is 1.78. The van der Waals surface area contributed by atoms with Crippen LogP contribution in [0.25, 0.3) is 0 Å². The fraction of sp³-hybridized carbons (Fsp3) is 1.00. The molecule has 0 aromatic carbocycles. The highest BCUT2D eigenvalue weighted by Gasteiger charge is 2.17. The molecule has 0 amide bonds. The summed E-state index contributed by atoms with van der Waals surface area (Å²) in [5.41, 5.74) is 0.0165. The lowest BCUT2D eigenvalue weighted by Crippen LogP contribution is -2.38. The summed E-state index contributed by atoms with van der Waals surface area (Å²) in [6, 6.07) is 0.607. The number of hydrogen-bond donors (Lipinski definition) is 2. The maximum absolute atomic E-state index is 9.01. The number of rotatable bonds is 6. The van der Waals surface area contributed by atoms with Gasteiger partial charge in [-0.3, -0.25) is 0 Å². The molecule has 0 fully saturated rings. The molecule has 0 unspecified atom stereocenters. The lowest BCUT2D eigenvalue weighted by atomic mass is 9.94. The second-order valence-corrected chi connectivity index (χ2v) is 4.22. The molecule has 0 radical (unpaired) electrons. The van der Waals surface area contributed by atoms with Crippen molar-refractivity contribution in [3.05, 3.63) is 0 Å². The smallest absolute Gasteiger partial charge is 0.0494 e. The van der Waals surface area contributed by atoms with Gasteiger partial charge in [0.25, 0.3) is 0 Å². The predicted molar refractivity (Wildman–Crippen MR) is 53.2 cm³/mol. The van der Waals surface area contributed by atoms with E-state index in [1.807, 2.05) is 0 Å². The summed E-state index contributed by atoms with van der Waals surface area (Å²) in [4.78, 5) is 0. The zero-order chi connectivity index (χ0) is 9.61. The molecule has 0 aromatic rings. The number of aliphatic hydroxyl groups is 1. The van der Waals surface area contributed by atoms with Crippen LogP contribution in [-0.4, -0.2) is 24.3 Å². The summed E-state index contributed by atoms with van der Waals surface area (Å²) in [6.45, 7) is 9.67. The normalized spacial score (nSPS) is 12.5. The fourth-order valence-corrected chi connectivity index (χ4v) is 1.05. The van der Waals surface area contributed by atoms with Gasteiger partial charge in [-0.1, -0.05) is 27.7 Å². The van der Waals surface area contributed by atoms with Crippen molar-refractivity contribution in [2.75, 3.05) is 13.2 Å². The van der Waals surface area contributed by atoms with Gasteiger partial charge in [-0.2, -0.15) is 0 Å². The fourth-order valence-electron chi connectivity index (χ4n) is 1.05. The highest BCUT2D eigenvalue weighted by Crippen LogP contribution is 2.12. The molecule has 0 bridgehead atoms. The summed E-state index contributed by atoms with van der Waals surface area (Å²) < 4.78 is 0. The Hall–Kier alpha value is -0.0800. The molecular weight excluding hydrogens is 150 g/mol. The molecule has 0 aromatic heterocycles. The average Bonchev–Trinajstić information content (AvgIpc) is 2.06. The minimum absolute atomic E-state index is 0.0165. The van der Waals surface area contributed by atoms with Crippen LogP contribution in [-0.2, 0) is 0 Å². The van der Waals surface area contributed by atoms with Gasteiger partial charge in [-0.25, -0.2) is 0 Å². The molecule has 0 saturated carbocycles. The number of nitrogens with one attached hydrogen (secondary N) is 1. The number of aliphatic hydroxyl groups excluding tert-OH is 1. The van der Waals surface area contributed by atoms with Gasteiger partial charge >= 0.3 is 0 Å². The van der Waals surface area contributed by atoms with Crippen LogP contribution in [0.3, 0.4) is 0 Å². The molecular formula is C10H23NO. The Morgan fingerprint density at radius 1 is 1.25 bits per heavy atom. The molecule has 74 valence electrons. The molecule has 0 rings (SSSR count). The van der Waals surface area contributed by atoms with E-state index in [1.165, 1.54) is 0 Å². The zero-order valence-corrected chi connectivity index (χ0v) is 8.85. The van der Waals surface area contributed by atoms with E-state index >= 15 is 0 Å². The molecule has 0 aliphatic rings. The van der Waals surface area contributed by atoms with Crippen molar-refractivity contribution in [1.82, 2.24) is 5.32 Å². The van der Waals surface area contributed by atoms with E-state index in [0.29, 0.717) is 6.04 Å². The van der Waals surface area contributed by atoms with Gasteiger partial charge in [-0.15, -0.1) is 0 Å². The first-order chi connectivity index (χ1) is 5.55. The van der Waals surface area contributed by atoms with Crippen LogP contribution < -0.4 is 5.32 Å². The lowest BCUT2D eigenvalue weighted by Gasteiger charge is -2.25. The summed E-state index contributed by atoms with van der Waals surface area (Å²) in [6.07, 6.45) is 2.33. The van der Waals surface area contributed by atoms with Crippen molar-refractivity contribution in [3.8, 4) is 0 Å². The van der Waals surface area contributed by atoms with Crippen LogP contribution in [0, 0.1) is 5.41 Å². The third kappa shape index (κ3) is 4.73. The van der Waals surface area contributed by atoms with Gasteiger partial charge in [0, 0.05) is 24.6 Å². The van der Waals surface area contributed by atoms with Crippen LogP contribution in [0.5, 0.6) is 0 Å². The molecule has 2 nitrogen and oxygen atoms in total. The topological polar surface area (TPSA) is 32.3 Å². The van der Waals surface area contributed by atoms with Crippen LogP contribution >= 0.6 is 0 Å². The molecule has 0 spiro atoms. The van der Waals surface area contributed by atoms with E-state index in [-0.39, 0.29) is 12.0 Å². The Morgan fingerprint density at radius 3 is 2.08 bits per heavy atom. The minimum Gasteiger partial charge on any atom is -0.396 e. The Kier molecular flexibility index (Phi) is 5.51. The maximum Gasteiger partial charge on any atom is 0.0494 e. The minimum atomic E-state index is 0.0165. The Labute approximate surface area is 76.4 Å². The van der Waals surface area contributed by atoms with E-state index in [2.05, 4.69) is 33.0 Å². The lowest BCUT2D eigenvalue weighted by molar-refractivity contribution is 0.152. The van der Waals surface area contributed by atoms with Crippen LogP contribution in [0.15, 0.2) is 0 Å². The summed E-state index contributed by atoms with van der Waals surface area (Å²) in [5.74, 6) is 0. The molecule has 0 heterocycles. The molecule has 0 saturated heterocycles. The molecule has 2 N–H and O–H groups in total. The van der Waals surface area contributed by atoms with Crippen LogP contribution in [0.1, 0.15) is 40.5 Å². The third-order valence-corrected chi connectivity index (χ3v) is 2.28. The monoisotopic (exact) mass is 173 g/mol. The molecule has 0 aliphatic carbocycles. The van der Waals surface area contributed by atoms with Crippen molar-refractivity contribution in [2.24, 2.45) is 5.41 Å². The van der Waals surface area contributed by atoms with Crippen molar-refractivity contribution < 1.29 is 5.11 Å². The van der Waals surface area contributed by atoms with E-state index in [1.54, 1.807) is 0 Å². The highest BCUT2D eigenvalue weighted by atomic mass is 16.3. The Morgan fingerprint density at radius 2 is 1.75 bits per heavy atom.